The van der Waals surface area contributed by atoms with Crippen molar-refractivity contribution in [3.8, 4) is 0 Å². The summed E-state index contributed by atoms with van der Waals surface area (Å²) < 4.78 is 40.8. The highest BCUT2D eigenvalue weighted by atomic mass is 32.2. The molecule has 4 rings (SSSR count). The molecule has 1 aliphatic heterocycles. The number of carbonyl (C=O) groups is 1. The van der Waals surface area contributed by atoms with E-state index in [1.165, 1.54) is 6.07 Å². The van der Waals surface area contributed by atoms with Gasteiger partial charge in [-0.25, -0.2) is 13.2 Å². The van der Waals surface area contributed by atoms with Gasteiger partial charge < -0.3 is 13.7 Å². The lowest BCUT2D eigenvalue weighted by atomic mass is 9.96. The fourth-order valence-corrected chi connectivity index (χ4v) is 5.64. The van der Waals surface area contributed by atoms with Gasteiger partial charge in [-0.2, -0.15) is 4.31 Å². The lowest BCUT2D eigenvalue weighted by Crippen LogP contribution is -2.40. The zero-order valence-electron chi connectivity index (χ0n) is 17.9. The van der Waals surface area contributed by atoms with Crippen molar-refractivity contribution in [2.75, 3.05) is 19.7 Å². The van der Waals surface area contributed by atoms with Crippen LogP contribution in [-0.2, 0) is 28.2 Å². The molecule has 0 saturated carbocycles. The van der Waals surface area contributed by atoms with E-state index in [4.69, 9.17) is 9.15 Å². The van der Waals surface area contributed by atoms with Crippen molar-refractivity contribution in [3.63, 3.8) is 0 Å². The molecule has 9 nitrogen and oxygen atoms in total. The summed E-state index contributed by atoms with van der Waals surface area (Å²) in [6.07, 6.45) is 4.08. The lowest BCUT2D eigenvalue weighted by molar-refractivity contribution is 0.0491. The maximum absolute atomic E-state index is 13.4. The summed E-state index contributed by atoms with van der Waals surface area (Å²) in [6.45, 7) is 4.60. The monoisotopic (exact) mass is 446 g/mol. The predicted molar refractivity (Wildman–Crippen MR) is 113 cm³/mol. The van der Waals surface area contributed by atoms with Crippen LogP contribution in [0.2, 0.25) is 0 Å². The van der Waals surface area contributed by atoms with Gasteiger partial charge in [-0.15, -0.1) is 10.2 Å². The minimum atomic E-state index is -3.68. The summed E-state index contributed by atoms with van der Waals surface area (Å²) in [7, 11) is -1.79. The molecule has 0 amide bonds. The Balaban J connectivity index is 1.59. The van der Waals surface area contributed by atoms with Crippen molar-refractivity contribution in [1.29, 1.82) is 0 Å². The Hall–Kier alpha value is -2.72. The van der Waals surface area contributed by atoms with E-state index < -0.39 is 16.0 Å². The zero-order valence-corrected chi connectivity index (χ0v) is 18.7. The summed E-state index contributed by atoms with van der Waals surface area (Å²) in [5, 5.41) is 8.62. The minimum absolute atomic E-state index is 0.105. The van der Waals surface area contributed by atoms with Gasteiger partial charge in [0.05, 0.1) is 11.5 Å². The van der Waals surface area contributed by atoms with Gasteiger partial charge in [0, 0.05) is 37.5 Å². The third-order valence-corrected chi connectivity index (χ3v) is 7.63. The second kappa shape index (κ2) is 8.43. The molecule has 0 aliphatic carbocycles. The Kier molecular flexibility index (Phi) is 5.85. The number of piperidine rings is 1. The number of aryl methyl sites for hydroxylation is 2. The standard InChI is InChI=1S/C21H26N4O5S/c1-4-29-21(26)20-14(2)17-11-16(7-8-18(17)30-20)31(27,28)25-9-5-6-15(12-25)10-19-23-22-13-24(19)3/h7-8,11,13,15H,4-6,9-10,12H2,1-3H3. The second-order valence-corrected chi connectivity index (χ2v) is 9.81. The van der Waals surface area contributed by atoms with Crippen molar-refractivity contribution in [1.82, 2.24) is 19.1 Å². The van der Waals surface area contributed by atoms with Gasteiger partial charge in [0.25, 0.3) is 0 Å². The fraction of sp³-hybridized carbons (Fsp3) is 0.476. The number of benzene rings is 1. The number of ether oxygens (including phenoxy) is 1. The number of esters is 1. The van der Waals surface area contributed by atoms with E-state index in [1.54, 1.807) is 36.6 Å². The van der Waals surface area contributed by atoms with E-state index in [9.17, 15) is 13.2 Å². The molecule has 166 valence electrons. The maximum atomic E-state index is 13.4. The molecule has 1 fully saturated rings. The van der Waals surface area contributed by atoms with Crippen molar-refractivity contribution in [2.24, 2.45) is 13.0 Å². The lowest BCUT2D eigenvalue weighted by Gasteiger charge is -2.31. The van der Waals surface area contributed by atoms with Crippen LogP contribution in [0, 0.1) is 12.8 Å². The van der Waals surface area contributed by atoms with Crippen molar-refractivity contribution in [2.45, 2.75) is 38.0 Å². The van der Waals surface area contributed by atoms with Gasteiger partial charge in [0.15, 0.2) is 0 Å². The maximum Gasteiger partial charge on any atom is 0.374 e. The van der Waals surface area contributed by atoms with Gasteiger partial charge in [-0.3, -0.25) is 0 Å². The van der Waals surface area contributed by atoms with Crippen LogP contribution >= 0.6 is 0 Å². The molecule has 0 N–H and O–H groups in total. The first-order valence-electron chi connectivity index (χ1n) is 10.3. The van der Waals surface area contributed by atoms with Gasteiger partial charge in [-0.05, 0) is 50.8 Å². The first kappa shape index (κ1) is 21.5. The van der Waals surface area contributed by atoms with Crippen molar-refractivity contribution in [3.05, 3.63) is 41.7 Å². The Morgan fingerprint density at radius 2 is 2.16 bits per heavy atom. The van der Waals surface area contributed by atoms with Crippen molar-refractivity contribution < 1.29 is 22.4 Å². The average Bonchev–Trinajstić information content (AvgIpc) is 3.31. The second-order valence-electron chi connectivity index (χ2n) is 7.87. The van der Waals surface area contributed by atoms with E-state index in [2.05, 4.69) is 10.2 Å². The topological polar surface area (TPSA) is 108 Å². The van der Waals surface area contributed by atoms with Crippen LogP contribution in [0.1, 0.15) is 41.7 Å². The molecule has 1 atom stereocenters. The molecule has 10 heteroatoms. The smallest absolute Gasteiger partial charge is 0.374 e. The minimum Gasteiger partial charge on any atom is -0.460 e. The molecule has 1 unspecified atom stereocenters. The highest BCUT2D eigenvalue weighted by Crippen LogP contribution is 2.31. The fourth-order valence-electron chi connectivity index (χ4n) is 4.06. The SMILES string of the molecule is CCOC(=O)c1oc2ccc(S(=O)(=O)N3CCCC(Cc4nncn4C)C3)cc2c1C. The molecule has 0 radical (unpaired) electrons. The third kappa shape index (κ3) is 4.09. The number of carbonyl (C=O) groups excluding carboxylic acids is 1. The molecule has 1 saturated heterocycles. The first-order chi connectivity index (χ1) is 14.8. The largest absolute Gasteiger partial charge is 0.460 e. The Bertz CT molecular complexity index is 1210. The molecule has 0 bridgehead atoms. The summed E-state index contributed by atoms with van der Waals surface area (Å²) in [6, 6.07) is 4.71. The van der Waals surface area contributed by atoms with Crippen LogP contribution < -0.4 is 0 Å². The number of hydrogen-bond acceptors (Lipinski definition) is 7. The van der Waals surface area contributed by atoms with Gasteiger partial charge in [0.2, 0.25) is 15.8 Å². The summed E-state index contributed by atoms with van der Waals surface area (Å²) >= 11 is 0. The van der Waals surface area contributed by atoms with E-state index in [0.29, 0.717) is 36.0 Å². The molecule has 31 heavy (non-hydrogen) atoms. The van der Waals surface area contributed by atoms with Crippen LogP contribution in [0.5, 0.6) is 0 Å². The van der Waals surface area contributed by atoms with Crippen LogP contribution in [0.25, 0.3) is 11.0 Å². The highest BCUT2D eigenvalue weighted by Gasteiger charge is 2.31. The van der Waals surface area contributed by atoms with E-state index in [1.807, 2.05) is 11.6 Å². The number of furan rings is 1. The molecule has 3 aromatic rings. The van der Waals surface area contributed by atoms with Crippen LogP contribution in [0.4, 0.5) is 0 Å². The van der Waals surface area contributed by atoms with Crippen LogP contribution in [-0.4, -0.2) is 53.2 Å². The molecule has 1 aromatic carbocycles. The van der Waals surface area contributed by atoms with Crippen molar-refractivity contribution >= 4 is 27.0 Å². The normalized spacial score (nSPS) is 17.8. The molecule has 3 heterocycles. The van der Waals surface area contributed by atoms with E-state index >= 15 is 0 Å². The Morgan fingerprint density at radius 1 is 1.35 bits per heavy atom. The Labute approximate surface area is 181 Å². The van der Waals surface area contributed by atoms with E-state index in [-0.39, 0.29) is 23.2 Å². The number of hydrogen-bond donors (Lipinski definition) is 0. The molecular weight excluding hydrogens is 420 g/mol. The van der Waals surface area contributed by atoms with Crippen LogP contribution in [0.15, 0.2) is 33.8 Å². The molecule has 2 aromatic heterocycles. The van der Waals surface area contributed by atoms with Crippen LogP contribution in [0.3, 0.4) is 0 Å². The Morgan fingerprint density at radius 3 is 2.87 bits per heavy atom. The zero-order chi connectivity index (χ0) is 22.2. The van der Waals surface area contributed by atoms with Gasteiger partial charge in [0.1, 0.15) is 17.7 Å². The van der Waals surface area contributed by atoms with E-state index in [0.717, 1.165) is 18.7 Å². The van der Waals surface area contributed by atoms with Gasteiger partial charge >= 0.3 is 5.97 Å². The predicted octanol–water partition coefficient (Wildman–Crippen LogP) is 2.69. The number of nitrogens with zero attached hydrogens (tertiary/aromatic N) is 4. The average molecular weight is 447 g/mol. The summed E-state index contributed by atoms with van der Waals surface area (Å²) in [4.78, 5) is 12.3. The quantitative estimate of drug-likeness (QED) is 0.536. The number of fused-ring (bicyclic) bond motifs is 1. The number of aromatic nitrogens is 3. The molecule has 0 spiro atoms. The highest BCUT2D eigenvalue weighted by molar-refractivity contribution is 7.89. The first-order valence-corrected chi connectivity index (χ1v) is 11.8. The van der Waals surface area contributed by atoms with Gasteiger partial charge in [-0.1, -0.05) is 0 Å². The summed E-state index contributed by atoms with van der Waals surface area (Å²) in [5.41, 5.74) is 1.03. The molecule has 1 aliphatic rings. The summed E-state index contributed by atoms with van der Waals surface area (Å²) in [5.74, 6) is 0.587. The molecular formula is C21H26N4O5S. The number of rotatable bonds is 6. The third-order valence-electron chi connectivity index (χ3n) is 5.76. The number of sulfonamides is 1.